The molecule has 1 spiro atoms. The van der Waals surface area contributed by atoms with Gasteiger partial charge < -0.3 is 14.4 Å². The van der Waals surface area contributed by atoms with Crippen molar-refractivity contribution in [1.82, 2.24) is 9.88 Å². The van der Waals surface area contributed by atoms with Crippen LogP contribution >= 0.6 is 0 Å². The van der Waals surface area contributed by atoms with Crippen molar-refractivity contribution in [3.05, 3.63) is 65.0 Å². The van der Waals surface area contributed by atoms with E-state index in [9.17, 15) is 4.79 Å². The van der Waals surface area contributed by atoms with Gasteiger partial charge in [0.1, 0.15) is 5.60 Å². The lowest BCUT2D eigenvalue weighted by atomic mass is 9.84. The molecule has 5 heteroatoms. The monoisotopic (exact) mass is 366 g/mol. The highest BCUT2D eigenvalue weighted by Crippen LogP contribution is 2.36. The molecule has 5 nitrogen and oxygen atoms in total. The molecule has 0 bridgehead atoms. The summed E-state index contributed by atoms with van der Waals surface area (Å²) in [5, 5.41) is 0. The van der Waals surface area contributed by atoms with E-state index in [1.165, 1.54) is 0 Å². The molecule has 0 aliphatic carbocycles. The Morgan fingerprint density at radius 3 is 2.89 bits per heavy atom. The average molecular weight is 366 g/mol. The molecular formula is C22H26N2O3. The lowest BCUT2D eigenvalue weighted by Gasteiger charge is -2.53. The van der Waals surface area contributed by atoms with Gasteiger partial charge in [0.25, 0.3) is 5.91 Å². The van der Waals surface area contributed by atoms with Crippen molar-refractivity contribution in [3.63, 3.8) is 0 Å². The molecule has 1 atom stereocenters. The molecule has 27 heavy (non-hydrogen) atoms. The van der Waals surface area contributed by atoms with Gasteiger partial charge in [-0.3, -0.25) is 9.78 Å². The van der Waals surface area contributed by atoms with E-state index in [-0.39, 0.29) is 17.6 Å². The van der Waals surface area contributed by atoms with Gasteiger partial charge in [-0.1, -0.05) is 23.8 Å². The standard InChI is InChI=1S/C22H26N2O3/c1-16-4-3-5-19(9-16)21(25)24-14-22(15-24)10-20(6-7-27-22)26-13-18-8-17(2)11-23-12-18/h3-5,8-9,11-12,20H,6-7,10,13-15H2,1-2H3/t20-/m0/s1. The number of ether oxygens (including phenoxy) is 2. The number of pyridine rings is 1. The van der Waals surface area contributed by atoms with Crippen LogP contribution < -0.4 is 0 Å². The molecule has 1 aromatic heterocycles. The number of nitrogens with zero attached hydrogens (tertiary/aromatic N) is 2. The first-order chi connectivity index (χ1) is 13.0. The summed E-state index contributed by atoms with van der Waals surface area (Å²) in [5.74, 6) is 0.0850. The van der Waals surface area contributed by atoms with Gasteiger partial charge in [-0.05, 0) is 43.5 Å². The van der Waals surface area contributed by atoms with Gasteiger partial charge in [0.15, 0.2) is 0 Å². The SMILES string of the molecule is Cc1cncc(CO[C@H]2CCOC3(C2)CN(C(=O)c2cccc(C)c2)C3)c1. The van der Waals surface area contributed by atoms with Crippen molar-refractivity contribution in [3.8, 4) is 0 Å². The highest BCUT2D eigenvalue weighted by atomic mass is 16.5. The third-order valence-electron chi connectivity index (χ3n) is 5.38. The number of amides is 1. The van der Waals surface area contributed by atoms with Crippen LogP contribution in [-0.2, 0) is 16.1 Å². The molecule has 2 fully saturated rings. The lowest BCUT2D eigenvalue weighted by Crippen LogP contribution is -2.67. The predicted molar refractivity (Wildman–Crippen MR) is 103 cm³/mol. The Labute approximate surface area is 160 Å². The van der Waals surface area contributed by atoms with Crippen LogP contribution in [0.1, 0.15) is 39.9 Å². The Morgan fingerprint density at radius 1 is 1.26 bits per heavy atom. The van der Waals surface area contributed by atoms with E-state index >= 15 is 0 Å². The average Bonchev–Trinajstić information content (AvgIpc) is 2.64. The van der Waals surface area contributed by atoms with Crippen molar-refractivity contribution < 1.29 is 14.3 Å². The number of aryl methyl sites for hydroxylation is 2. The van der Waals surface area contributed by atoms with Gasteiger partial charge in [-0.2, -0.15) is 0 Å². The Kier molecular flexibility index (Phi) is 4.98. The number of carbonyl (C=O) groups excluding carboxylic acids is 1. The third-order valence-corrected chi connectivity index (χ3v) is 5.38. The normalized spacial score (nSPS) is 21.1. The van der Waals surface area contributed by atoms with Gasteiger partial charge >= 0.3 is 0 Å². The Balaban J connectivity index is 1.32. The van der Waals surface area contributed by atoms with Crippen LogP contribution in [0.4, 0.5) is 0 Å². The second-order valence-electron chi connectivity index (χ2n) is 7.86. The number of hydrogen-bond donors (Lipinski definition) is 0. The highest BCUT2D eigenvalue weighted by molar-refractivity contribution is 5.95. The van der Waals surface area contributed by atoms with Crippen molar-refractivity contribution in [2.75, 3.05) is 19.7 Å². The van der Waals surface area contributed by atoms with Gasteiger partial charge in [-0.25, -0.2) is 0 Å². The fourth-order valence-electron chi connectivity index (χ4n) is 4.01. The van der Waals surface area contributed by atoms with Crippen LogP contribution in [0.2, 0.25) is 0 Å². The number of hydrogen-bond acceptors (Lipinski definition) is 4. The van der Waals surface area contributed by atoms with Crippen LogP contribution in [0.5, 0.6) is 0 Å². The molecule has 4 rings (SSSR count). The molecular weight excluding hydrogens is 340 g/mol. The zero-order chi connectivity index (χ0) is 18.9. The van der Waals surface area contributed by atoms with Crippen LogP contribution in [0.25, 0.3) is 0 Å². The largest absolute Gasteiger partial charge is 0.373 e. The molecule has 1 amide bonds. The number of carbonyl (C=O) groups is 1. The molecule has 0 N–H and O–H groups in total. The number of rotatable bonds is 4. The highest BCUT2D eigenvalue weighted by Gasteiger charge is 2.49. The van der Waals surface area contributed by atoms with Crippen molar-refractivity contribution in [2.45, 2.75) is 45.0 Å². The Bertz CT molecular complexity index is 830. The first-order valence-electron chi connectivity index (χ1n) is 9.55. The summed E-state index contributed by atoms with van der Waals surface area (Å²) in [6, 6.07) is 9.86. The smallest absolute Gasteiger partial charge is 0.254 e. The summed E-state index contributed by atoms with van der Waals surface area (Å²) in [6.45, 7) is 6.58. The number of likely N-dealkylation sites (tertiary alicyclic amines) is 1. The summed E-state index contributed by atoms with van der Waals surface area (Å²) < 4.78 is 12.2. The predicted octanol–water partition coefficient (Wildman–Crippen LogP) is 3.29. The van der Waals surface area contributed by atoms with E-state index in [4.69, 9.17) is 9.47 Å². The third kappa shape index (κ3) is 4.04. The fourth-order valence-corrected chi connectivity index (χ4v) is 4.01. The molecule has 0 radical (unpaired) electrons. The fraction of sp³-hybridized carbons (Fsp3) is 0.455. The van der Waals surface area contributed by atoms with E-state index < -0.39 is 0 Å². The molecule has 2 saturated heterocycles. The van der Waals surface area contributed by atoms with Crippen LogP contribution in [0, 0.1) is 13.8 Å². The van der Waals surface area contributed by atoms with Gasteiger partial charge in [0.05, 0.1) is 25.8 Å². The minimum Gasteiger partial charge on any atom is -0.373 e. The molecule has 2 aromatic rings. The van der Waals surface area contributed by atoms with E-state index in [2.05, 4.69) is 11.1 Å². The maximum absolute atomic E-state index is 12.7. The molecule has 3 heterocycles. The Hall–Kier alpha value is -2.24. The molecule has 2 aliphatic heterocycles. The first-order valence-corrected chi connectivity index (χ1v) is 9.55. The molecule has 0 saturated carbocycles. The zero-order valence-corrected chi connectivity index (χ0v) is 16.0. The van der Waals surface area contributed by atoms with Crippen molar-refractivity contribution in [2.24, 2.45) is 0 Å². The summed E-state index contributed by atoms with van der Waals surface area (Å²) in [6.07, 6.45) is 5.60. The lowest BCUT2D eigenvalue weighted by molar-refractivity contribution is -0.188. The minimum atomic E-state index is -0.243. The maximum Gasteiger partial charge on any atom is 0.254 e. The van der Waals surface area contributed by atoms with E-state index in [0.717, 1.165) is 35.1 Å². The summed E-state index contributed by atoms with van der Waals surface area (Å²) in [5.41, 5.74) is 3.85. The number of aromatic nitrogens is 1. The van der Waals surface area contributed by atoms with E-state index in [1.807, 2.05) is 55.4 Å². The molecule has 2 aliphatic rings. The summed E-state index contributed by atoms with van der Waals surface area (Å²) in [4.78, 5) is 18.8. The van der Waals surface area contributed by atoms with Crippen LogP contribution in [0.3, 0.4) is 0 Å². The van der Waals surface area contributed by atoms with Gasteiger partial charge in [0, 0.05) is 31.0 Å². The maximum atomic E-state index is 12.7. The first kappa shape index (κ1) is 18.1. The minimum absolute atomic E-state index is 0.0850. The van der Waals surface area contributed by atoms with Gasteiger partial charge in [0.2, 0.25) is 0 Å². The number of benzene rings is 1. The van der Waals surface area contributed by atoms with E-state index in [1.54, 1.807) is 0 Å². The Morgan fingerprint density at radius 2 is 2.11 bits per heavy atom. The zero-order valence-electron chi connectivity index (χ0n) is 16.0. The summed E-state index contributed by atoms with van der Waals surface area (Å²) in [7, 11) is 0. The second kappa shape index (κ2) is 7.41. The second-order valence-corrected chi connectivity index (χ2v) is 7.86. The van der Waals surface area contributed by atoms with E-state index in [0.29, 0.717) is 26.3 Å². The van der Waals surface area contributed by atoms with Crippen molar-refractivity contribution >= 4 is 5.91 Å². The van der Waals surface area contributed by atoms with Crippen LogP contribution in [0.15, 0.2) is 42.7 Å². The van der Waals surface area contributed by atoms with Gasteiger partial charge in [-0.15, -0.1) is 0 Å². The van der Waals surface area contributed by atoms with Crippen molar-refractivity contribution in [1.29, 1.82) is 0 Å². The molecule has 0 unspecified atom stereocenters. The topological polar surface area (TPSA) is 51.7 Å². The molecule has 142 valence electrons. The quantitative estimate of drug-likeness (QED) is 0.833. The summed E-state index contributed by atoms with van der Waals surface area (Å²) >= 11 is 0. The molecule has 1 aromatic carbocycles. The van der Waals surface area contributed by atoms with Crippen LogP contribution in [-0.4, -0.2) is 47.2 Å².